The number of carbonyl (C=O) groups excluding carboxylic acids is 2. The zero-order valence-corrected chi connectivity index (χ0v) is 25.5. The Balaban J connectivity index is 2.07. The number of methoxy groups -OCH3 is 2. The molecule has 0 aliphatic carbocycles. The van der Waals surface area contributed by atoms with E-state index in [1.807, 2.05) is 38.1 Å². The number of ether oxygens (including phenoxy) is 2. The average molecular weight is 602 g/mol. The van der Waals surface area contributed by atoms with Crippen LogP contribution in [0.5, 0.6) is 11.5 Å². The second-order valence-electron chi connectivity index (χ2n) is 9.42. The minimum atomic E-state index is -4.29. The lowest BCUT2D eigenvalue weighted by Crippen LogP contribution is -2.51. The molecule has 220 valence electrons. The Kier molecular flexibility index (Phi) is 11.0. The molecule has 2 amide bonds. The molecule has 0 saturated heterocycles. The molecular formula is C30H36ClN3O6S. The molecule has 3 aromatic carbocycles. The Morgan fingerprint density at radius 3 is 2.24 bits per heavy atom. The van der Waals surface area contributed by atoms with Crippen LogP contribution >= 0.6 is 11.6 Å². The summed E-state index contributed by atoms with van der Waals surface area (Å²) in [4.78, 5) is 28.3. The molecule has 3 rings (SSSR count). The van der Waals surface area contributed by atoms with Crippen molar-refractivity contribution in [1.29, 1.82) is 0 Å². The van der Waals surface area contributed by atoms with E-state index in [4.69, 9.17) is 21.1 Å². The quantitative estimate of drug-likeness (QED) is 0.302. The molecule has 0 saturated carbocycles. The highest BCUT2D eigenvalue weighted by Crippen LogP contribution is 2.32. The number of halogens is 1. The van der Waals surface area contributed by atoms with Gasteiger partial charge in [-0.25, -0.2) is 8.42 Å². The highest BCUT2D eigenvalue weighted by molar-refractivity contribution is 7.92. The van der Waals surface area contributed by atoms with Crippen LogP contribution < -0.4 is 19.1 Å². The summed E-state index contributed by atoms with van der Waals surface area (Å²) in [6, 6.07) is 17.0. The average Bonchev–Trinajstić information content (AvgIpc) is 2.97. The first-order valence-corrected chi connectivity index (χ1v) is 15.0. The van der Waals surface area contributed by atoms with Crippen molar-refractivity contribution in [3.63, 3.8) is 0 Å². The molecular weight excluding hydrogens is 566 g/mol. The minimum absolute atomic E-state index is 0.0999. The van der Waals surface area contributed by atoms with Gasteiger partial charge in [-0.2, -0.15) is 0 Å². The van der Waals surface area contributed by atoms with E-state index in [2.05, 4.69) is 5.32 Å². The van der Waals surface area contributed by atoms with Gasteiger partial charge in [0.1, 0.15) is 12.6 Å². The van der Waals surface area contributed by atoms with Gasteiger partial charge in [0, 0.05) is 24.2 Å². The second-order valence-corrected chi connectivity index (χ2v) is 11.7. The normalized spacial score (nSPS) is 11.9. The van der Waals surface area contributed by atoms with Gasteiger partial charge in [-0.1, -0.05) is 42.8 Å². The standard InChI is InChI=1S/C30H36ClN3O6S/c1-6-17-32-30(36)22(3)33(19-23-10-8-7-9-21(23)2)29(35)20-34(25-13-11-24(31)12-14-25)41(37,38)26-15-16-27(39-4)28(18-26)40-5/h7-16,18,22H,6,17,19-20H2,1-5H3,(H,32,36)/t22-/m0/s1. The second kappa shape index (κ2) is 14.2. The van der Waals surface area contributed by atoms with E-state index in [-0.39, 0.29) is 28.8 Å². The van der Waals surface area contributed by atoms with Gasteiger partial charge in [0.25, 0.3) is 10.0 Å². The van der Waals surface area contributed by atoms with Crippen LogP contribution in [-0.4, -0.2) is 58.5 Å². The molecule has 0 aromatic heterocycles. The summed E-state index contributed by atoms with van der Waals surface area (Å²) in [6.45, 7) is 5.51. The van der Waals surface area contributed by atoms with Crippen molar-refractivity contribution < 1.29 is 27.5 Å². The molecule has 11 heteroatoms. The van der Waals surface area contributed by atoms with Gasteiger partial charge < -0.3 is 19.7 Å². The molecule has 0 fully saturated rings. The number of nitrogens with zero attached hydrogens (tertiary/aromatic N) is 2. The number of sulfonamides is 1. The first kappa shape index (κ1) is 31.8. The van der Waals surface area contributed by atoms with E-state index in [1.54, 1.807) is 19.1 Å². The molecule has 0 unspecified atom stereocenters. The Morgan fingerprint density at radius 2 is 1.63 bits per heavy atom. The summed E-state index contributed by atoms with van der Waals surface area (Å²) in [7, 11) is -1.43. The van der Waals surface area contributed by atoms with Gasteiger partial charge in [-0.05, 0) is 67.8 Å². The predicted molar refractivity (Wildman–Crippen MR) is 160 cm³/mol. The number of hydrogen-bond acceptors (Lipinski definition) is 6. The molecule has 0 heterocycles. The Bertz CT molecular complexity index is 1460. The highest BCUT2D eigenvalue weighted by atomic mass is 35.5. The van der Waals surface area contributed by atoms with Crippen LogP contribution in [0.25, 0.3) is 0 Å². The lowest BCUT2D eigenvalue weighted by molar-refractivity contribution is -0.139. The molecule has 0 spiro atoms. The summed E-state index contributed by atoms with van der Waals surface area (Å²) in [5, 5.41) is 3.24. The van der Waals surface area contributed by atoms with Crippen molar-refractivity contribution in [2.75, 3.05) is 31.6 Å². The summed E-state index contributed by atoms with van der Waals surface area (Å²) < 4.78 is 39.7. The van der Waals surface area contributed by atoms with Crippen LogP contribution in [0.15, 0.2) is 71.6 Å². The maximum atomic E-state index is 14.0. The first-order chi connectivity index (χ1) is 19.5. The van der Waals surface area contributed by atoms with Crippen molar-refractivity contribution in [2.45, 2.75) is 44.7 Å². The number of aryl methyl sites for hydroxylation is 1. The molecule has 0 bridgehead atoms. The molecule has 9 nitrogen and oxygen atoms in total. The summed E-state index contributed by atoms with van der Waals surface area (Å²) in [6.07, 6.45) is 0.734. The maximum absolute atomic E-state index is 14.0. The summed E-state index contributed by atoms with van der Waals surface area (Å²) in [5.74, 6) is -0.295. The van der Waals surface area contributed by atoms with Gasteiger partial charge in [-0.15, -0.1) is 0 Å². The van der Waals surface area contributed by atoms with E-state index in [0.717, 1.165) is 21.9 Å². The monoisotopic (exact) mass is 601 g/mol. The molecule has 1 atom stereocenters. The van der Waals surface area contributed by atoms with Crippen LogP contribution in [0, 0.1) is 6.92 Å². The van der Waals surface area contributed by atoms with Crippen molar-refractivity contribution in [1.82, 2.24) is 10.2 Å². The SMILES string of the molecule is CCCNC(=O)[C@H](C)N(Cc1ccccc1C)C(=O)CN(c1ccc(Cl)cc1)S(=O)(=O)c1ccc(OC)c(OC)c1. The van der Waals surface area contributed by atoms with Crippen molar-refractivity contribution in [2.24, 2.45) is 0 Å². The van der Waals surface area contributed by atoms with Crippen LogP contribution in [0.2, 0.25) is 5.02 Å². The van der Waals surface area contributed by atoms with Crippen molar-refractivity contribution in [3.8, 4) is 11.5 Å². The largest absolute Gasteiger partial charge is 0.493 e. The fraction of sp³-hybridized carbons (Fsp3) is 0.333. The Labute approximate surface area is 247 Å². The smallest absolute Gasteiger partial charge is 0.264 e. The Hall–Kier alpha value is -3.76. The summed E-state index contributed by atoms with van der Waals surface area (Å²) in [5.41, 5.74) is 2.02. The number of benzene rings is 3. The molecule has 1 N–H and O–H groups in total. The van der Waals surface area contributed by atoms with E-state index >= 15 is 0 Å². The van der Waals surface area contributed by atoms with E-state index in [0.29, 0.717) is 17.3 Å². The van der Waals surface area contributed by atoms with Crippen molar-refractivity contribution >= 4 is 39.1 Å². The van der Waals surface area contributed by atoms with Gasteiger partial charge in [-0.3, -0.25) is 13.9 Å². The first-order valence-electron chi connectivity index (χ1n) is 13.2. The molecule has 0 radical (unpaired) electrons. The lowest BCUT2D eigenvalue weighted by atomic mass is 10.1. The molecule has 0 aliphatic heterocycles. The third-order valence-electron chi connectivity index (χ3n) is 6.65. The highest BCUT2D eigenvalue weighted by Gasteiger charge is 2.33. The fourth-order valence-electron chi connectivity index (χ4n) is 4.19. The van der Waals surface area contributed by atoms with Crippen molar-refractivity contribution in [3.05, 3.63) is 82.9 Å². The molecule has 0 aliphatic rings. The van der Waals surface area contributed by atoms with E-state index < -0.39 is 28.5 Å². The van der Waals surface area contributed by atoms with Crippen LogP contribution in [-0.2, 0) is 26.2 Å². The number of anilines is 1. The third kappa shape index (κ3) is 7.71. The number of nitrogens with one attached hydrogen (secondary N) is 1. The topological polar surface area (TPSA) is 105 Å². The third-order valence-corrected chi connectivity index (χ3v) is 8.68. The number of hydrogen-bond donors (Lipinski definition) is 1. The lowest BCUT2D eigenvalue weighted by Gasteiger charge is -2.32. The van der Waals surface area contributed by atoms with Gasteiger partial charge >= 0.3 is 0 Å². The maximum Gasteiger partial charge on any atom is 0.264 e. The Morgan fingerprint density at radius 1 is 0.976 bits per heavy atom. The van der Waals surface area contributed by atoms with Gasteiger partial charge in [0.2, 0.25) is 11.8 Å². The predicted octanol–water partition coefficient (Wildman–Crippen LogP) is 4.80. The molecule has 3 aromatic rings. The van der Waals surface area contributed by atoms with Crippen LogP contribution in [0.3, 0.4) is 0 Å². The van der Waals surface area contributed by atoms with E-state index in [9.17, 15) is 18.0 Å². The van der Waals surface area contributed by atoms with Gasteiger partial charge in [0.05, 0.1) is 24.8 Å². The van der Waals surface area contributed by atoms with Crippen LogP contribution in [0.1, 0.15) is 31.4 Å². The zero-order valence-electron chi connectivity index (χ0n) is 23.9. The zero-order chi connectivity index (χ0) is 30.2. The fourth-order valence-corrected chi connectivity index (χ4v) is 5.75. The molecule has 41 heavy (non-hydrogen) atoms. The van der Waals surface area contributed by atoms with E-state index in [1.165, 1.54) is 49.5 Å². The number of carbonyl (C=O) groups is 2. The summed E-state index contributed by atoms with van der Waals surface area (Å²) >= 11 is 6.08. The van der Waals surface area contributed by atoms with Crippen LogP contribution in [0.4, 0.5) is 5.69 Å². The number of rotatable bonds is 13. The van der Waals surface area contributed by atoms with Gasteiger partial charge in [0.15, 0.2) is 11.5 Å². The minimum Gasteiger partial charge on any atom is -0.493 e. The number of amides is 2.